The molecule has 0 aliphatic carbocycles. The number of benzene rings is 1. The van der Waals surface area contributed by atoms with E-state index in [1.54, 1.807) is 42.1 Å². The number of alkyl halides is 1. The van der Waals surface area contributed by atoms with Crippen molar-refractivity contribution >= 4 is 46.3 Å². The van der Waals surface area contributed by atoms with Crippen LogP contribution in [-0.4, -0.2) is 27.0 Å². The molecule has 0 radical (unpaired) electrons. The van der Waals surface area contributed by atoms with Gasteiger partial charge in [-0.2, -0.15) is 0 Å². The summed E-state index contributed by atoms with van der Waals surface area (Å²) in [7, 11) is 0. The lowest BCUT2D eigenvalue weighted by atomic mass is 10.2. The molecule has 0 saturated carbocycles. The van der Waals surface area contributed by atoms with Crippen LogP contribution in [0.1, 0.15) is 23.7 Å². The Morgan fingerprint density at radius 1 is 1.37 bits per heavy atom. The summed E-state index contributed by atoms with van der Waals surface area (Å²) in [5.74, 6) is -0.375. The fraction of sp³-hybridized carbons (Fsp3) is 0.385. The number of hydrogen-bond donors (Lipinski definition) is 1. The number of rotatable bonds is 6. The predicted molar refractivity (Wildman–Crippen MR) is 85.4 cm³/mol. The maximum absolute atomic E-state index is 11.7. The number of halogens is 1. The quantitative estimate of drug-likeness (QED) is 0.348. The van der Waals surface area contributed by atoms with Crippen LogP contribution in [0.5, 0.6) is 0 Å². The molecule has 1 unspecified atom stereocenters. The molecule has 6 heteroatoms. The van der Waals surface area contributed by atoms with Crippen molar-refractivity contribution in [2.75, 3.05) is 5.75 Å². The third-order valence-electron chi connectivity index (χ3n) is 2.29. The van der Waals surface area contributed by atoms with E-state index in [0.717, 1.165) is 5.75 Å². The van der Waals surface area contributed by atoms with E-state index in [-0.39, 0.29) is 3.26 Å². The summed E-state index contributed by atoms with van der Waals surface area (Å²) in [5.41, 5.74) is 6.07. The zero-order valence-electron chi connectivity index (χ0n) is 10.5. The van der Waals surface area contributed by atoms with Crippen LogP contribution in [0.2, 0.25) is 0 Å². The molecule has 2 atom stereocenters. The second kappa shape index (κ2) is 8.55. The minimum absolute atomic E-state index is 0.233. The van der Waals surface area contributed by atoms with Crippen LogP contribution >= 0.6 is 34.4 Å². The Hall–Kier alpha value is -0.600. The molecule has 0 aromatic heterocycles. The van der Waals surface area contributed by atoms with Gasteiger partial charge in [0.1, 0.15) is 6.04 Å². The van der Waals surface area contributed by atoms with Crippen LogP contribution in [0.3, 0.4) is 0 Å². The lowest BCUT2D eigenvalue weighted by Crippen LogP contribution is -2.35. The molecule has 1 aromatic rings. The molecule has 0 saturated heterocycles. The summed E-state index contributed by atoms with van der Waals surface area (Å²) in [5, 5.41) is 0. The fourth-order valence-electron chi connectivity index (χ4n) is 1.34. The number of carbonyl (C=O) groups excluding carboxylic acids is 2. The SMILES string of the molecule is CCSC(I)C[C@H](N)C(=O)OC(=O)c1ccccc1. The standard InChI is InChI=1S/C13H16INO3S/c1-2-19-11(14)8-10(15)13(17)18-12(16)9-6-4-3-5-7-9/h3-7,10-11H,2,8,15H2,1H3/t10-,11?/m0/s1. The molecule has 104 valence electrons. The Kier molecular flexibility index (Phi) is 7.40. The Morgan fingerprint density at radius 3 is 2.58 bits per heavy atom. The molecular formula is C13H16INO3S. The highest BCUT2D eigenvalue weighted by atomic mass is 127. The Balaban J connectivity index is 2.48. The first-order valence-corrected chi connectivity index (χ1v) is 8.16. The number of hydrogen-bond acceptors (Lipinski definition) is 5. The van der Waals surface area contributed by atoms with Gasteiger partial charge in [-0.25, -0.2) is 9.59 Å². The fourth-order valence-corrected chi connectivity index (χ4v) is 3.68. The van der Waals surface area contributed by atoms with Crippen LogP contribution in [0.25, 0.3) is 0 Å². The highest BCUT2D eigenvalue weighted by molar-refractivity contribution is 14.1. The van der Waals surface area contributed by atoms with Crippen LogP contribution < -0.4 is 5.73 Å². The van der Waals surface area contributed by atoms with Gasteiger partial charge in [-0.05, 0) is 24.3 Å². The van der Waals surface area contributed by atoms with Crippen molar-refractivity contribution in [3.63, 3.8) is 0 Å². The lowest BCUT2D eigenvalue weighted by Gasteiger charge is -2.13. The average molecular weight is 393 g/mol. The minimum atomic E-state index is -0.770. The molecule has 0 fully saturated rings. The first kappa shape index (κ1) is 16.5. The molecule has 0 amide bonds. The zero-order valence-corrected chi connectivity index (χ0v) is 13.5. The van der Waals surface area contributed by atoms with E-state index in [4.69, 9.17) is 10.5 Å². The maximum Gasteiger partial charge on any atom is 0.345 e. The van der Waals surface area contributed by atoms with E-state index in [9.17, 15) is 9.59 Å². The van der Waals surface area contributed by atoms with Crippen molar-refractivity contribution in [1.29, 1.82) is 0 Å². The smallest absolute Gasteiger partial charge is 0.345 e. The van der Waals surface area contributed by atoms with Crippen LogP contribution in [0.15, 0.2) is 30.3 Å². The molecule has 0 aliphatic heterocycles. The van der Waals surface area contributed by atoms with Crippen molar-refractivity contribution < 1.29 is 14.3 Å². The summed E-state index contributed by atoms with van der Waals surface area (Å²) in [4.78, 5) is 23.4. The van der Waals surface area contributed by atoms with Gasteiger partial charge in [0.15, 0.2) is 0 Å². The van der Waals surface area contributed by atoms with E-state index < -0.39 is 18.0 Å². The molecule has 0 spiro atoms. The summed E-state index contributed by atoms with van der Waals surface area (Å²) in [6, 6.07) is 7.62. The maximum atomic E-state index is 11.7. The molecule has 1 rings (SSSR count). The summed E-state index contributed by atoms with van der Waals surface area (Å²) < 4.78 is 5.00. The Labute approximate surface area is 130 Å². The second-order valence-corrected chi connectivity index (χ2v) is 7.61. The Morgan fingerprint density at radius 2 is 2.00 bits per heavy atom. The van der Waals surface area contributed by atoms with Crippen molar-refractivity contribution in [2.45, 2.75) is 22.6 Å². The van der Waals surface area contributed by atoms with E-state index in [1.807, 2.05) is 6.92 Å². The van der Waals surface area contributed by atoms with Crippen LogP contribution in [0, 0.1) is 0 Å². The largest absolute Gasteiger partial charge is 0.388 e. The van der Waals surface area contributed by atoms with Gasteiger partial charge in [-0.15, -0.1) is 11.8 Å². The van der Waals surface area contributed by atoms with Gasteiger partial charge in [-0.1, -0.05) is 47.7 Å². The number of thioether (sulfide) groups is 1. The molecule has 1 aromatic carbocycles. The normalized spacial score (nSPS) is 13.6. The summed E-state index contributed by atoms with van der Waals surface area (Å²) in [6.07, 6.45) is 0.486. The zero-order chi connectivity index (χ0) is 14.3. The molecule has 4 nitrogen and oxygen atoms in total. The van der Waals surface area contributed by atoms with Gasteiger partial charge in [-0.3, -0.25) is 0 Å². The van der Waals surface area contributed by atoms with Gasteiger partial charge in [0, 0.05) is 0 Å². The van der Waals surface area contributed by atoms with Gasteiger partial charge < -0.3 is 10.5 Å². The summed E-state index contributed by atoms with van der Waals surface area (Å²) >= 11 is 3.93. The summed E-state index contributed by atoms with van der Waals surface area (Å²) in [6.45, 7) is 2.04. The first-order chi connectivity index (χ1) is 9.04. The highest BCUT2D eigenvalue weighted by Gasteiger charge is 2.22. The third kappa shape index (κ3) is 5.92. The molecule has 19 heavy (non-hydrogen) atoms. The Bertz CT molecular complexity index is 427. The van der Waals surface area contributed by atoms with Gasteiger partial charge >= 0.3 is 11.9 Å². The number of ether oxygens (including phenoxy) is 1. The van der Waals surface area contributed by atoms with Crippen molar-refractivity contribution in [1.82, 2.24) is 0 Å². The molecule has 0 aliphatic rings. The minimum Gasteiger partial charge on any atom is -0.388 e. The first-order valence-electron chi connectivity index (χ1n) is 5.87. The lowest BCUT2D eigenvalue weighted by molar-refractivity contribution is -0.139. The number of carbonyl (C=O) groups is 2. The monoisotopic (exact) mass is 393 g/mol. The van der Waals surface area contributed by atoms with E-state index in [2.05, 4.69) is 22.6 Å². The van der Waals surface area contributed by atoms with E-state index in [1.165, 1.54) is 0 Å². The second-order valence-electron chi connectivity index (χ2n) is 3.78. The van der Waals surface area contributed by atoms with Gasteiger partial charge in [0.25, 0.3) is 0 Å². The van der Waals surface area contributed by atoms with Gasteiger partial charge in [0.2, 0.25) is 0 Å². The molecular weight excluding hydrogens is 377 g/mol. The van der Waals surface area contributed by atoms with E-state index >= 15 is 0 Å². The highest BCUT2D eigenvalue weighted by Crippen LogP contribution is 2.22. The van der Waals surface area contributed by atoms with Crippen molar-refractivity contribution in [2.24, 2.45) is 5.73 Å². The van der Waals surface area contributed by atoms with Crippen LogP contribution in [-0.2, 0) is 9.53 Å². The van der Waals surface area contributed by atoms with Crippen molar-refractivity contribution in [3.05, 3.63) is 35.9 Å². The molecule has 0 bridgehead atoms. The topological polar surface area (TPSA) is 69.4 Å². The van der Waals surface area contributed by atoms with Crippen LogP contribution in [0.4, 0.5) is 0 Å². The van der Waals surface area contributed by atoms with Gasteiger partial charge in [0.05, 0.1) is 8.82 Å². The van der Waals surface area contributed by atoms with Crippen molar-refractivity contribution in [3.8, 4) is 0 Å². The molecule has 0 heterocycles. The number of nitrogens with two attached hydrogens (primary N) is 1. The predicted octanol–water partition coefficient (Wildman–Crippen LogP) is 2.60. The third-order valence-corrected chi connectivity index (χ3v) is 4.77. The average Bonchev–Trinajstić information content (AvgIpc) is 2.39. The molecule has 2 N–H and O–H groups in total. The van der Waals surface area contributed by atoms with E-state index in [0.29, 0.717) is 12.0 Å². The number of esters is 2.